The Balaban J connectivity index is 3.35. The van der Waals surface area contributed by atoms with E-state index < -0.39 is 5.75 Å². The number of hydrogen-bond donors (Lipinski definition) is 2. The number of nitrogens with zero attached hydrogens (tertiary/aromatic N) is 1. The van der Waals surface area contributed by atoms with E-state index >= 15 is 0 Å². The van der Waals surface area contributed by atoms with Crippen LogP contribution in [0.3, 0.4) is 0 Å². The monoisotopic (exact) mass is 169 g/mol. The van der Waals surface area contributed by atoms with Gasteiger partial charge in [0.25, 0.3) is 0 Å². The van der Waals surface area contributed by atoms with Gasteiger partial charge in [-0.15, -0.1) is 0 Å². The minimum absolute atomic E-state index is 0.0263. The first-order chi connectivity index (χ1) is 5.15. The molecule has 0 aliphatic rings. The first-order valence-corrected chi connectivity index (χ1v) is 3.14. The smallest absolute Gasteiger partial charge is 0.176 e. The van der Waals surface area contributed by atoms with Gasteiger partial charge in [0.2, 0.25) is 0 Å². The van der Waals surface area contributed by atoms with Crippen molar-refractivity contribution in [2.24, 2.45) is 0 Å². The maximum atomic E-state index is 8.93. The molecule has 0 aliphatic carbocycles. The molecule has 0 aliphatic heterocycles. The molecule has 0 radical (unpaired) electrons. The van der Waals surface area contributed by atoms with Crippen LogP contribution in [-0.4, -0.2) is 10.2 Å². The Morgan fingerprint density at radius 2 is 2.00 bits per heavy atom. The van der Waals surface area contributed by atoms with Crippen molar-refractivity contribution >= 4 is 11.6 Å². The Hall–Kier alpha value is -1.40. The Bertz CT molecular complexity index is 307. The molecule has 0 saturated carbocycles. The van der Waals surface area contributed by atoms with E-state index in [0.29, 0.717) is 0 Å². The maximum absolute atomic E-state index is 8.93. The van der Waals surface area contributed by atoms with Gasteiger partial charge in [0.15, 0.2) is 11.5 Å². The lowest BCUT2D eigenvalue weighted by atomic mass is 10.2. The molecule has 0 bridgehead atoms. The Kier molecular flexibility index (Phi) is 1.88. The van der Waals surface area contributed by atoms with Gasteiger partial charge in [0.1, 0.15) is 0 Å². The van der Waals surface area contributed by atoms with Crippen molar-refractivity contribution in [2.75, 3.05) is 0 Å². The van der Waals surface area contributed by atoms with E-state index in [1.807, 2.05) is 0 Å². The molecule has 0 heterocycles. The number of nitriles is 1. The van der Waals surface area contributed by atoms with Crippen molar-refractivity contribution in [3.05, 3.63) is 22.7 Å². The second-order valence-corrected chi connectivity index (χ2v) is 2.34. The van der Waals surface area contributed by atoms with Crippen LogP contribution in [0.1, 0.15) is 5.56 Å². The van der Waals surface area contributed by atoms with E-state index in [1.54, 1.807) is 6.07 Å². The van der Waals surface area contributed by atoms with Gasteiger partial charge in [0.05, 0.1) is 16.7 Å². The third-order valence-electron chi connectivity index (χ3n) is 1.17. The van der Waals surface area contributed by atoms with Gasteiger partial charge in [-0.25, -0.2) is 0 Å². The summed E-state index contributed by atoms with van der Waals surface area (Å²) in [5.41, 5.74) is 0.213. The molecule has 56 valence electrons. The molecule has 1 aromatic rings. The zero-order valence-corrected chi connectivity index (χ0v) is 6.13. The van der Waals surface area contributed by atoms with Crippen LogP contribution in [0.4, 0.5) is 0 Å². The van der Waals surface area contributed by atoms with Gasteiger partial charge in [-0.05, 0) is 6.07 Å². The number of phenolic OH excluding ortho intramolecular Hbond substituents is 2. The summed E-state index contributed by atoms with van der Waals surface area (Å²) in [6.07, 6.45) is 0. The topological polar surface area (TPSA) is 64.2 Å². The quantitative estimate of drug-likeness (QED) is 0.580. The van der Waals surface area contributed by atoms with Crippen molar-refractivity contribution in [2.45, 2.75) is 0 Å². The van der Waals surface area contributed by atoms with Gasteiger partial charge >= 0.3 is 0 Å². The summed E-state index contributed by atoms with van der Waals surface area (Å²) in [7, 11) is 0. The summed E-state index contributed by atoms with van der Waals surface area (Å²) >= 11 is 5.44. The molecule has 4 heteroatoms. The van der Waals surface area contributed by atoms with Crippen LogP contribution >= 0.6 is 11.6 Å². The standard InChI is InChI=1S/C7H4ClNO2/c8-5-1-4(3-9)2-6(10)7(5)11/h1-2,10-11H. The molecule has 0 fully saturated rings. The highest BCUT2D eigenvalue weighted by atomic mass is 35.5. The Morgan fingerprint density at radius 3 is 2.45 bits per heavy atom. The van der Waals surface area contributed by atoms with Crippen molar-refractivity contribution in [1.29, 1.82) is 5.26 Å². The molecular formula is C7H4ClNO2. The molecule has 0 saturated heterocycles. The van der Waals surface area contributed by atoms with E-state index in [1.165, 1.54) is 6.07 Å². The van der Waals surface area contributed by atoms with Gasteiger partial charge in [0, 0.05) is 6.07 Å². The predicted octanol–water partition coefficient (Wildman–Crippen LogP) is 1.62. The van der Waals surface area contributed by atoms with Crippen molar-refractivity contribution in [3.63, 3.8) is 0 Å². The summed E-state index contributed by atoms with van der Waals surface area (Å²) < 4.78 is 0. The number of phenols is 2. The fraction of sp³-hybridized carbons (Fsp3) is 0. The summed E-state index contributed by atoms with van der Waals surface area (Å²) in [4.78, 5) is 0. The molecule has 0 amide bonds. The molecule has 0 spiro atoms. The van der Waals surface area contributed by atoms with Crippen LogP contribution in [-0.2, 0) is 0 Å². The zero-order chi connectivity index (χ0) is 8.43. The normalized spacial score (nSPS) is 9.09. The maximum Gasteiger partial charge on any atom is 0.176 e. The molecule has 11 heavy (non-hydrogen) atoms. The molecule has 0 atom stereocenters. The molecular weight excluding hydrogens is 166 g/mol. The van der Waals surface area contributed by atoms with E-state index in [9.17, 15) is 0 Å². The SMILES string of the molecule is N#Cc1cc(O)c(O)c(Cl)c1. The lowest BCUT2D eigenvalue weighted by Crippen LogP contribution is -1.76. The van der Waals surface area contributed by atoms with E-state index in [-0.39, 0.29) is 16.3 Å². The largest absolute Gasteiger partial charge is 0.504 e. The number of halogens is 1. The van der Waals surface area contributed by atoms with Gasteiger partial charge in [-0.2, -0.15) is 5.26 Å². The second-order valence-electron chi connectivity index (χ2n) is 1.94. The molecule has 3 nitrogen and oxygen atoms in total. The number of hydrogen-bond acceptors (Lipinski definition) is 3. The average molecular weight is 170 g/mol. The highest BCUT2D eigenvalue weighted by Crippen LogP contribution is 2.33. The summed E-state index contributed by atoms with van der Waals surface area (Å²) in [5, 5.41) is 26.2. The number of benzene rings is 1. The van der Waals surface area contributed by atoms with Crippen molar-refractivity contribution < 1.29 is 10.2 Å². The van der Waals surface area contributed by atoms with Crippen LogP contribution in [0.25, 0.3) is 0 Å². The van der Waals surface area contributed by atoms with E-state index in [0.717, 1.165) is 6.07 Å². The highest BCUT2D eigenvalue weighted by Gasteiger charge is 2.05. The lowest BCUT2D eigenvalue weighted by Gasteiger charge is -1.98. The van der Waals surface area contributed by atoms with Crippen LogP contribution < -0.4 is 0 Å². The predicted molar refractivity (Wildman–Crippen MR) is 39.5 cm³/mol. The fourth-order valence-corrected chi connectivity index (χ4v) is 0.863. The van der Waals surface area contributed by atoms with Crippen molar-refractivity contribution in [1.82, 2.24) is 0 Å². The van der Waals surface area contributed by atoms with Crippen LogP contribution in [0.5, 0.6) is 11.5 Å². The van der Waals surface area contributed by atoms with Crippen molar-refractivity contribution in [3.8, 4) is 17.6 Å². The van der Waals surface area contributed by atoms with E-state index in [2.05, 4.69) is 0 Å². The summed E-state index contributed by atoms with van der Waals surface area (Å²) in [6, 6.07) is 4.19. The number of rotatable bonds is 0. The molecule has 0 unspecified atom stereocenters. The molecule has 1 aromatic carbocycles. The van der Waals surface area contributed by atoms with Gasteiger partial charge in [-0.3, -0.25) is 0 Å². The third-order valence-corrected chi connectivity index (χ3v) is 1.46. The van der Waals surface area contributed by atoms with Gasteiger partial charge < -0.3 is 10.2 Å². The van der Waals surface area contributed by atoms with Crippen LogP contribution in [0.2, 0.25) is 5.02 Å². The molecule has 2 N–H and O–H groups in total. The third kappa shape index (κ3) is 1.36. The Labute approximate surface area is 68.1 Å². The Morgan fingerprint density at radius 1 is 1.36 bits per heavy atom. The number of aromatic hydroxyl groups is 2. The van der Waals surface area contributed by atoms with Crippen LogP contribution in [0.15, 0.2) is 12.1 Å². The minimum atomic E-state index is -0.398. The molecule has 0 aromatic heterocycles. The first-order valence-electron chi connectivity index (χ1n) is 2.76. The lowest BCUT2D eigenvalue weighted by molar-refractivity contribution is 0.404. The van der Waals surface area contributed by atoms with Crippen LogP contribution in [0, 0.1) is 11.3 Å². The van der Waals surface area contributed by atoms with E-state index in [4.69, 9.17) is 27.1 Å². The summed E-state index contributed by atoms with van der Waals surface area (Å²) in [5.74, 6) is -0.778. The zero-order valence-electron chi connectivity index (χ0n) is 5.37. The molecule has 1 rings (SSSR count). The second kappa shape index (κ2) is 2.69. The van der Waals surface area contributed by atoms with Gasteiger partial charge in [-0.1, -0.05) is 11.6 Å². The first kappa shape index (κ1) is 7.70. The average Bonchev–Trinajstić information content (AvgIpc) is 1.99. The highest BCUT2D eigenvalue weighted by molar-refractivity contribution is 6.32. The fourth-order valence-electron chi connectivity index (χ4n) is 0.649. The summed E-state index contributed by atoms with van der Waals surface area (Å²) in [6.45, 7) is 0. The minimum Gasteiger partial charge on any atom is -0.504 e.